The third-order valence-electron chi connectivity index (χ3n) is 6.72. The summed E-state index contributed by atoms with van der Waals surface area (Å²) in [6.07, 6.45) is -0.974. The molecule has 0 aliphatic carbocycles. The Morgan fingerprint density at radius 1 is 0.917 bits per heavy atom. The van der Waals surface area contributed by atoms with Gasteiger partial charge in [-0.25, -0.2) is 4.39 Å². The molecule has 0 N–H and O–H groups in total. The van der Waals surface area contributed by atoms with E-state index in [1.165, 1.54) is 17.0 Å². The number of rotatable bonds is 7. The van der Waals surface area contributed by atoms with E-state index in [0.29, 0.717) is 26.2 Å². The van der Waals surface area contributed by atoms with Crippen LogP contribution in [0.3, 0.4) is 0 Å². The SMILES string of the molecule is O=C([O-])N1CCC(c2ccc(F)cc2)C(OCc2ccc3c(OCc4ccccc4)cccc3c2)C1. The highest BCUT2D eigenvalue weighted by Gasteiger charge is 2.31. The molecule has 1 fully saturated rings. The van der Waals surface area contributed by atoms with E-state index < -0.39 is 6.09 Å². The molecule has 1 aliphatic heterocycles. The number of likely N-dealkylation sites (tertiary alicyclic amines) is 1. The maximum absolute atomic E-state index is 13.4. The fourth-order valence-electron chi connectivity index (χ4n) is 4.80. The molecule has 4 aromatic rings. The molecule has 5 rings (SSSR count). The quantitative estimate of drug-likeness (QED) is 0.358. The molecule has 0 radical (unpaired) electrons. The first-order chi connectivity index (χ1) is 17.6. The van der Waals surface area contributed by atoms with Crippen LogP contribution in [-0.2, 0) is 18.0 Å². The fraction of sp³-hybridized carbons (Fsp3) is 0.233. The van der Waals surface area contributed by atoms with Gasteiger partial charge in [-0.3, -0.25) is 0 Å². The molecule has 1 saturated heterocycles. The van der Waals surface area contributed by atoms with E-state index in [1.54, 1.807) is 12.1 Å². The van der Waals surface area contributed by atoms with Crippen LogP contribution >= 0.6 is 0 Å². The summed E-state index contributed by atoms with van der Waals surface area (Å²) in [5.41, 5.74) is 3.03. The smallest absolute Gasteiger partial charge is 0.137 e. The van der Waals surface area contributed by atoms with Gasteiger partial charge in [-0.05, 0) is 52.8 Å². The number of halogens is 1. The Morgan fingerprint density at radius 2 is 1.72 bits per heavy atom. The lowest BCUT2D eigenvalue weighted by atomic mass is 9.87. The second-order valence-corrected chi connectivity index (χ2v) is 9.09. The summed E-state index contributed by atoms with van der Waals surface area (Å²) in [5, 5.41) is 13.5. The third-order valence-corrected chi connectivity index (χ3v) is 6.72. The Hall–Kier alpha value is -3.90. The first kappa shape index (κ1) is 23.8. The number of carboxylic acid groups (broad SMARTS) is 1. The van der Waals surface area contributed by atoms with Gasteiger partial charge in [0.05, 0.1) is 12.7 Å². The Balaban J connectivity index is 1.30. The molecule has 0 bridgehead atoms. The zero-order valence-corrected chi connectivity index (χ0v) is 19.8. The summed E-state index contributed by atoms with van der Waals surface area (Å²) >= 11 is 0. The second kappa shape index (κ2) is 10.8. The Bertz CT molecular complexity index is 1330. The molecule has 6 heteroatoms. The van der Waals surface area contributed by atoms with Crippen molar-refractivity contribution in [3.63, 3.8) is 0 Å². The van der Waals surface area contributed by atoms with Gasteiger partial charge in [-0.1, -0.05) is 66.7 Å². The van der Waals surface area contributed by atoms with Crippen LogP contribution in [0.5, 0.6) is 5.75 Å². The summed E-state index contributed by atoms with van der Waals surface area (Å²) in [4.78, 5) is 12.8. The summed E-state index contributed by atoms with van der Waals surface area (Å²) in [5.74, 6) is 0.489. The van der Waals surface area contributed by atoms with E-state index in [4.69, 9.17) is 9.47 Å². The van der Waals surface area contributed by atoms with Gasteiger partial charge in [0.1, 0.15) is 24.3 Å². The maximum atomic E-state index is 13.4. The molecule has 2 atom stereocenters. The van der Waals surface area contributed by atoms with Crippen molar-refractivity contribution in [2.75, 3.05) is 13.1 Å². The number of ether oxygens (including phenoxy) is 2. The average Bonchev–Trinajstić information content (AvgIpc) is 2.91. The summed E-state index contributed by atoms with van der Waals surface area (Å²) in [6.45, 7) is 1.40. The van der Waals surface area contributed by atoms with Gasteiger partial charge >= 0.3 is 0 Å². The Labute approximate surface area is 209 Å². The zero-order valence-electron chi connectivity index (χ0n) is 19.8. The fourth-order valence-corrected chi connectivity index (χ4v) is 4.80. The number of nitrogens with zero attached hydrogens (tertiary/aromatic N) is 1. The lowest BCUT2D eigenvalue weighted by Crippen LogP contribution is -2.51. The normalized spacial score (nSPS) is 17.8. The van der Waals surface area contributed by atoms with Crippen LogP contribution < -0.4 is 9.84 Å². The zero-order chi connectivity index (χ0) is 24.9. The van der Waals surface area contributed by atoms with Gasteiger partial charge in [-0.15, -0.1) is 0 Å². The van der Waals surface area contributed by atoms with E-state index in [-0.39, 0.29) is 24.4 Å². The minimum Gasteiger partial charge on any atom is -0.530 e. The molecular weight excluding hydrogens is 457 g/mol. The van der Waals surface area contributed by atoms with Crippen LogP contribution in [0.2, 0.25) is 0 Å². The largest absolute Gasteiger partial charge is 0.530 e. The predicted molar refractivity (Wildman–Crippen MR) is 134 cm³/mol. The van der Waals surface area contributed by atoms with Crippen molar-refractivity contribution in [3.8, 4) is 5.75 Å². The molecule has 5 nitrogen and oxygen atoms in total. The predicted octanol–water partition coefficient (Wildman–Crippen LogP) is 5.28. The minimum atomic E-state index is -1.20. The van der Waals surface area contributed by atoms with Crippen molar-refractivity contribution in [2.45, 2.75) is 31.7 Å². The number of piperidine rings is 1. The second-order valence-electron chi connectivity index (χ2n) is 9.09. The number of hydrogen-bond donors (Lipinski definition) is 0. The summed E-state index contributed by atoms with van der Waals surface area (Å²) in [7, 11) is 0. The van der Waals surface area contributed by atoms with Crippen LogP contribution in [-0.4, -0.2) is 30.2 Å². The number of benzene rings is 4. The van der Waals surface area contributed by atoms with Gasteiger partial charge in [-0.2, -0.15) is 0 Å². The Kier molecular flexibility index (Phi) is 7.14. The van der Waals surface area contributed by atoms with E-state index in [9.17, 15) is 14.3 Å². The Morgan fingerprint density at radius 3 is 2.50 bits per heavy atom. The number of carbonyl (C=O) groups is 1. The lowest BCUT2D eigenvalue weighted by Gasteiger charge is -2.40. The number of hydrogen-bond acceptors (Lipinski definition) is 4. The van der Waals surface area contributed by atoms with Crippen LogP contribution in [0, 0.1) is 5.82 Å². The van der Waals surface area contributed by atoms with Gasteiger partial charge in [0.2, 0.25) is 0 Å². The van der Waals surface area contributed by atoms with E-state index >= 15 is 0 Å². The molecule has 1 heterocycles. The topological polar surface area (TPSA) is 61.8 Å². The number of amides is 1. The first-order valence-electron chi connectivity index (χ1n) is 12.1. The third kappa shape index (κ3) is 5.50. The summed E-state index contributed by atoms with van der Waals surface area (Å²) in [6, 6.07) is 28.5. The van der Waals surface area contributed by atoms with Crippen molar-refractivity contribution in [3.05, 3.63) is 114 Å². The van der Waals surface area contributed by atoms with E-state index in [2.05, 4.69) is 6.07 Å². The molecule has 2 unspecified atom stereocenters. The van der Waals surface area contributed by atoms with E-state index in [1.807, 2.05) is 60.7 Å². The van der Waals surface area contributed by atoms with Crippen molar-refractivity contribution >= 4 is 16.9 Å². The van der Waals surface area contributed by atoms with Gasteiger partial charge in [0.25, 0.3) is 0 Å². The van der Waals surface area contributed by atoms with Gasteiger partial charge in [0, 0.05) is 24.4 Å². The molecule has 0 spiro atoms. The highest BCUT2D eigenvalue weighted by atomic mass is 19.1. The van der Waals surface area contributed by atoms with Gasteiger partial charge in [0.15, 0.2) is 0 Å². The number of carbonyl (C=O) groups excluding carboxylic acids is 1. The van der Waals surface area contributed by atoms with Crippen molar-refractivity contribution in [1.29, 1.82) is 0 Å². The van der Waals surface area contributed by atoms with Gasteiger partial charge < -0.3 is 24.3 Å². The monoisotopic (exact) mass is 484 g/mol. The van der Waals surface area contributed by atoms with Crippen molar-refractivity contribution < 1.29 is 23.8 Å². The van der Waals surface area contributed by atoms with Crippen LogP contribution in [0.1, 0.15) is 29.0 Å². The van der Waals surface area contributed by atoms with E-state index in [0.717, 1.165) is 33.2 Å². The molecule has 1 aliphatic rings. The minimum absolute atomic E-state index is 0.0281. The number of fused-ring (bicyclic) bond motifs is 1. The highest BCUT2D eigenvalue weighted by Crippen LogP contribution is 2.32. The van der Waals surface area contributed by atoms with Crippen LogP contribution in [0.4, 0.5) is 9.18 Å². The average molecular weight is 485 g/mol. The summed E-state index contributed by atoms with van der Waals surface area (Å²) < 4.78 is 25.8. The first-order valence-corrected chi connectivity index (χ1v) is 12.1. The van der Waals surface area contributed by atoms with Crippen LogP contribution in [0.25, 0.3) is 10.8 Å². The standard InChI is InChI=1S/C30H28FNO4/c31-25-12-10-23(11-13-25)27-15-16-32(30(33)34)18-29(27)36-20-22-9-14-26-24(17-22)7-4-8-28(26)35-19-21-5-2-1-3-6-21/h1-14,17,27,29H,15-16,18-20H2,(H,33,34)/p-1. The maximum Gasteiger partial charge on any atom is 0.137 e. The molecule has 4 aromatic carbocycles. The molecule has 0 aromatic heterocycles. The molecule has 0 saturated carbocycles. The molecule has 184 valence electrons. The molecule has 36 heavy (non-hydrogen) atoms. The van der Waals surface area contributed by atoms with Crippen molar-refractivity contribution in [2.24, 2.45) is 0 Å². The van der Waals surface area contributed by atoms with Crippen molar-refractivity contribution in [1.82, 2.24) is 4.90 Å². The van der Waals surface area contributed by atoms with Crippen LogP contribution in [0.15, 0.2) is 91.0 Å². The molecule has 1 amide bonds. The lowest BCUT2D eigenvalue weighted by molar-refractivity contribution is -0.268. The highest BCUT2D eigenvalue weighted by molar-refractivity contribution is 5.88. The molecular formula is C30H27FNO4-.